The van der Waals surface area contributed by atoms with E-state index in [4.69, 9.17) is 16.0 Å². The highest BCUT2D eigenvalue weighted by Gasteiger charge is 2.37. The topological polar surface area (TPSA) is 106 Å². The Labute approximate surface area is 82.5 Å². The van der Waals surface area contributed by atoms with Crippen molar-refractivity contribution in [3.63, 3.8) is 0 Å². The molecule has 0 unspecified atom stereocenters. The minimum Gasteiger partial charge on any atom is -0.295 e. The lowest BCUT2D eigenvalue weighted by Gasteiger charge is -2.22. The van der Waals surface area contributed by atoms with Crippen LogP contribution < -0.4 is 11.5 Å². The first-order valence-electron chi connectivity index (χ1n) is 3.87. The molecular weight excluding hydrogens is 204 g/mol. The minimum absolute atomic E-state index is 0.183. The fraction of sp³-hybridized carbons (Fsp3) is 0.250. The highest BCUT2D eigenvalue weighted by molar-refractivity contribution is 7.86. The van der Waals surface area contributed by atoms with Crippen molar-refractivity contribution in [2.75, 3.05) is 0 Å². The number of hydrogen-bond donors (Lipinski definition) is 3. The third-order valence-corrected chi connectivity index (χ3v) is 3.07. The second kappa shape index (κ2) is 3.32. The highest BCUT2D eigenvalue weighted by Crippen LogP contribution is 2.21. The van der Waals surface area contributed by atoms with Crippen molar-refractivity contribution in [3.8, 4) is 0 Å². The SMILES string of the molecule is Cc1ccccc1C(N)(N)S(=O)(=O)O. The molecule has 0 saturated carbocycles. The summed E-state index contributed by atoms with van der Waals surface area (Å²) in [6.45, 7) is 1.66. The van der Waals surface area contributed by atoms with E-state index in [1.165, 1.54) is 6.07 Å². The molecule has 0 fully saturated rings. The van der Waals surface area contributed by atoms with E-state index in [1.54, 1.807) is 25.1 Å². The Morgan fingerprint density at radius 2 is 1.79 bits per heavy atom. The fourth-order valence-corrected chi connectivity index (χ4v) is 1.66. The lowest BCUT2D eigenvalue weighted by atomic mass is 10.1. The normalized spacial score (nSPS) is 12.9. The van der Waals surface area contributed by atoms with Crippen LogP contribution in [0.2, 0.25) is 0 Å². The summed E-state index contributed by atoms with van der Waals surface area (Å²) in [7, 11) is -4.52. The molecule has 14 heavy (non-hydrogen) atoms. The standard InChI is InChI=1S/C8H12N2O3S/c1-6-4-2-3-5-7(6)8(9,10)14(11,12)13/h2-5H,9-10H2,1H3,(H,11,12,13). The number of hydrogen-bond acceptors (Lipinski definition) is 4. The molecule has 0 aliphatic heterocycles. The average molecular weight is 216 g/mol. The number of benzene rings is 1. The van der Waals surface area contributed by atoms with Crippen LogP contribution >= 0.6 is 0 Å². The molecule has 5 N–H and O–H groups in total. The van der Waals surface area contributed by atoms with Crippen LogP contribution in [0.5, 0.6) is 0 Å². The number of nitrogens with two attached hydrogens (primary N) is 2. The van der Waals surface area contributed by atoms with Crippen molar-refractivity contribution in [2.24, 2.45) is 11.5 Å². The highest BCUT2D eigenvalue weighted by atomic mass is 32.2. The van der Waals surface area contributed by atoms with Crippen LogP contribution in [0, 0.1) is 6.92 Å². The van der Waals surface area contributed by atoms with E-state index in [-0.39, 0.29) is 5.56 Å². The van der Waals surface area contributed by atoms with Crippen molar-refractivity contribution in [2.45, 2.75) is 11.9 Å². The molecule has 0 atom stereocenters. The second-order valence-electron chi connectivity index (χ2n) is 3.08. The molecule has 6 heteroatoms. The zero-order valence-electron chi connectivity index (χ0n) is 7.64. The third kappa shape index (κ3) is 1.78. The molecule has 0 saturated heterocycles. The molecule has 78 valence electrons. The van der Waals surface area contributed by atoms with Gasteiger partial charge >= 0.3 is 10.1 Å². The van der Waals surface area contributed by atoms with E-state index < -0.39 is 15.1 Å². The predicted octanol–water partition coefficient (Wildman–Crippen LogP) is -0.0895. The van der Waals surface area contributed by atoms with Crippen LogP contribution in [0.1, 0.15) is 11.1 Å². The number of rotatable bonds is 2. The molecule has 0 bridgehead atoms. The van der Waals surface area contributed by atoms with Gasteiger partial charge in [0.15, 0.2) is 0 Å². The first-order chi connectivity index (χ1) is 6.27. The first-order valence-corrected chi connectivity index (χ1v) is 5.31. The summed E-state index contributed by atoms with van der Waals surface area (Å²) in [6, 6.07) is 6.44. The molecular formula is C8H12N2O3S. The maximum Gasteiger partial charge on any atom is 0.302 e. The van der Waals surface area contributed by atoms with Crippen molar-refractivity contribution in [1.82, 2.24) is 0 Å². The van der Waals surface area contributed by atoms with E-state index >= 15 is 0 Å². The van der Waals surface area contributed by atoms with Gasteiger partial charge in [0.1, 0.15) is 0 Å². The Morgan fingerprint density at radius 1 is 1.29 bits per heavy atom. The van der Waals surface area contributed by atoms with Crippen molar-refractivity contribution >= 4 is 10.1 Å². The van der Waals surface area contributed by atoms with Gasteiger partial charge in [-0.15, -0.1) is 0 Å². The molecule has 0 aliphatic rings. The van der Waals surface area contributed by atoms with Gasteiger partial charge in [-0.25, -0.2) is 0 Å². The zero-order valence-corrected chi connectivity index (χ0v) is 8.45. The second-order valence-corrected chi connectivity index (χ2v) is 4.71. The largest absolute Gasteiger partial charge is 0.302 e. The van der Waals surface area contributed by atoms with Crippen LogP contribution in [-0.2, 0) is 15.1 Å². The quantitative estimate of drug-likeness (QED) is 0.473. The molecule has 0 amide bonds. The van der Waals surface area contributed by atoms with Crippen molar-refractivity contribution in [3.05, 3.63) is 35.4 Å². The van der Waals surface area contributed by atoms with Gasteiger partial charge in [0.05, 0.1) is 0 Å². The maximum absolute atomic E-state index is 10.9. The van der Waals surface area contributed by atoms with Crippen LogP contribution in [0.25, 0.3) is 0 Å². The van der Waals surface area contributed by atoms with Gasteiger partial charge in [0.25, 0.3) is 0 Å². The van der Waals surface area contributed by atoms with Gasteiger partial charge in [-0.1, -0.05) is 24.3 Å². The molecule has 1 aromatic carbocycles. The van der Waals surface area contributed by atoms with E-state index in [9.17, 15) is 8.42 Å². The smallest absolute Gasteiger partial charge is 0.295 e. The van der Waals surface area contributed by atoms with Gasteiger partial charge in [-0.2, -0.15) is 8.42 Å². The van der Waals surface area contributed by atoms with Crippen LogP contribution in [0.4, 0.5) is 0 Å². The van der Waals surface area contributed by atoms with Crippen LogP contribution in [0.15, 0.2) is 24.3 Å². The molecule has 0 spiro atoms. The Morgan fingerprint density at radius 3 is 2.21 bits per heavy atom. The monoisotopic (exact) mass is 216 g/mol. The molecule has 1 aromatic rings. The summed E-state index contributed by atoms with van der Waals surface area (Å²) < 4.78 is 30.7. The van der Waals surface area contributed by atoms with E-state index in [0.717, 1.165) is 0 Å². The molecule has 1 rings (SSSR count). The Kier molecular flexibility index (Phi) is 2.64. The summed E-state index contributed by atoms with van der Waals surface area (Å²) in [5.74, 6) is 0. The lowest BCUT2D eigenvalue weighted by molar-refractivity contribution is 0.432. The van der Waals surface area contributed by atoms with E-state index in [1.807, 2.05) is 0 Å². The number of aryl methyl sites for hydroxylation is 1. The van der Waals surface area contributed by atoms with Crippen LogP contribution in [-0.4, -0.2) is 13.0 Å². The molecule has 0 aromatic heterocycles. The fourth-order valence-electron chi connectivity index (χ4n) is 1.15. The Balaban J connectivity index is 3.38. The van der Waals surface area contributed by atoms with Crippen molar-refractivity contribution < 1.29 is 13.0 Å². The van der Waals surface area contributed by atoms with Crippen molar-refractivity contribution in [1.29, 1.82) is 0 Å². The first kappa shape index (κ1) is 11.1. The van der Waals surface area contributed by atoms with E-state index in [0.29, 0.717) is 5.56 Å². The summed E-state index contributed by atoms with van der Waals surface area (Å²) in [5.41, 5.74) is 11.5. The Bertz CT molecular complexity index is 440. The summed E-state index contributed by atoms with van der Waals surface area (Å²) >= 11 is 0. The van der Waals surface area contributed by atoms with Gasteiger partial charge in [0.2, 0.25) is 4.99 Å². The average Bonchev–Trinajstić information content (AvgIpc) is 2.02. The third-order valence-electron chi connectivity index (χ3n) is 1.99. The van der Waals surface area contributed by atoms with Crippen LogP contribution in [0.3, 0.4) is 0 Å². The van der Waals surface area contributed by atoms with Gasteiger partial charge < -0.3 is 0 Å². The molecule has 5 nitrogen and oxygen atoms in total. The lowest BCUT2D eigenvalue weighted by Crippen LogP contribution is -2.53. The zero-order chi connectivity index (χ0) is 11.0. The van der Waals surface area contributed by atoms with E-state index in [2.05, 4.69) is 0 Å². The molecule has 0 heterocycles. The van der Waals surface area contributed by atoms with Gasteiger partial charge in [-0.3, -0.25) is 16.0 Å². The summed E-state index contributed by atoms with van der Waals surface area (Å²) in [5, 5.41) is 0. The summed E-state index contributed by atoms with van der Waals surface area (Å²) in [4.78, 5) is -2.25. The Hall–Kier alpha value is -0.950. The molecule has 0 aliphatic carbocycles. The molecule has 0 radical (unpaired) electrons. The summed E-state index contributed by atoms with van der Waals surface area (Å²) in [6.07, 6.45) is 0. The van der Waals surface area contributed by atoms with Gasteiger partial charge in [-0.05, 0) is 12.5 Å². The minimum atomic E-state index is -4.52. The predicted molar refractivity (Wildman–Crippen MR) is 52.8 cm³/mol. The van der Waals surface area contributed by atoms with Gasteiger partial charge in [0, 0.05) is 5.56 Å². The maximum atomic E-state index is 10.9.